The fourth-order valence-electron chi connectivity index (χ4n) is 1.83. The minimum absolute atomic E-state index is 0.0884. The Bertz CT molecular complexity index is 310. The summed E-state index contributed by atoms with van der Waals surface area (Å²) in [5.74, 6) is -2.00. The van der Waals surface area contributed by atoms with Crippen molar-refractivity contribution in [3.8, 4) is 0 Å². The molecule has 1 N–H and O–H groups in total. The van der Waals surface area contributed by atoms with Crippen LogP contribution in [-0.2, 0) is 19.2 Å². The Labute approximate surface area is 99.6 Å². The Morgan fingerprint density at radius 2 is 1.82 bits per heavy atom. The standard InChI is InChI=1S/C11H17NO5/c1-7(13)10(11(14)15)12-17-9-6-4-3-5-8(9)16-2/h8-9H,3-6H2,1-2H3,(H,14,15)/t8-,9-/m1/s1. The molecule has 0 spiro atoms. The van der Waals surface area contributed by atoms with E-state index in [2.05, 4.69) is 5.16 Å². The van der Waals surface area contributed by atoms with E-state index in [1.807, 2.05) is 0 Å². The number of aliphatic carboxylic acids is 1. The molecule has 0 aromatic carbocycles. The summed E-state index contributed by atoms with van der Waals surface area (Å²) in [4.78, 5) is 26.8. The third-order valence-corrected chi connectivity index (χ3v) is 2.76. The summed E-state index contributed by atoms with van der Waals surface area (Å²) < 4.78 is 5.23. The second-order valence-electron chi connectivity index (χ2n) is 4.00. The number of nitrogens with zero attached hydrogens (tertiary/aromatic N) is 1. The molecular weight excluding hydrogens is 226 g/mol. The normalized spacial score (nSPS) is 25.4. The molecule has 0 amide bonds. The lowest BCUT2D eigenvalue weighted by molar-refractivity contribution is -0.131. The van der Waals surface area contributed by atoms with E-state index < -0.39 is 17.5 Å². The summed E-state index contributed by atoms with van der Waals surface area (Å²) in [5.41, 5.74) is -0.578. The van der Waals surface area contributed by atoms with Gasteiger partial charge in [0.05, 0.1) is 6.10 Å². The maximum atomic E-state index is 11.0. The Hall–Kier alpha value is -1.43. The Morgan fingerprint density at radius 3 is 2.29 bits per heavy atom. The molecule has 1 aliphatic carbocycles. The predicted octanol–water partition coefficient (Wildman–Crippen LogP) is 0.990. The van der Waals surface area contributed by atoms with Crippen LogP contribution in [0.2, 0.25) is 0 Å². The van der Waals surface area contributed by atoms with Crippen LogP contribution in [0.5, 0.6) is 0 Å². The summed E-state index contributed by atoms with van der Waals surface area (Å²) in [5, 5.41) is 12.2. The number of hydrogen-bond acceptors (Lipinski definition) is 5. The number of rotatable bonds is 5. The quantitative estimate of drug-likeness (QED) is 0.442. The van der Waals surface area contributed by atoms with Crippen molar-refractivity contribution in [1.29, 1.82) is 0 Å². The number of carboxylic acid groups (broad SMARTS) is 1. The van der Waals surface area contributed by atoms with Crippen molar-refractivity contribution >= 4 is 17.5 Å². The van der Waals surface area contributed by atoms with Gasteiger partial charge in [-0.05, 0) is 19.3 Å². The molecule has 6 heteroatoms. The van der Waals surface area contributed by atoms with Gasteiger partial charge >= 0.3 is 5.97 Å². The van der Waals surface area contributed by atoms with E-state index in [4.69, 9.17) is 14.7 Å². The molecule has 2 atom stereocenters. The average molecular weight is 243 g/mol. The number of Topliss-reactive ketones (excluding diaryl/α,β-unsaturated/α-hetero) is 1. The molecule has 0 heterocycles. The van der Waals surface area contributed by atoms with Crippen molar-refractivity contribution in [2.45, 2.75) is 44.8 Å². The van der Waals surface area contributed by atoms with E-state index in [9.17, 15) is 9.59 Å². The number of carbonyl (C=O) groups excluding carboxylic acids is 1. The summed E-state index contributed by atoms with van der Waals surface area (Å²) in [6, 6.07) is 0. The van der Waals surface area contributed by atoms with Crippen LogP contribution in [0.15, 0.2) is 5.16 Å². The van der Waals surface area contributed by atoms with Gasteiger partial charge in [-0.2, -0.15) is 0 Å². The average Bonchev–Trinajstić information content (AvgIpc) is 2.29. The number of carbonyl (C=O) groups is 2. The highest BCUT2D eigenvalue weighted by atomic mass is 16.7. The SMILES string of the molecule is CO[C@@H]1CCCC[C@H]1ON=C(C(C)=O)C(=O)O. The zero-order chi connectivity index (χ0) is 12.8. The van der Waals surface area contributed by atoms with Crippen molar-refractivity contribution in [3.63, 3.8) is 0 Å². The number of ketones is 1. The van der Waals surface area contributed by atoms with Crippen LogP contribution < -0.4 is 0 Å². The molecule has 0 radical (unpaired) electrons. The Morgan fingerprint density at radius 1 is 1.24 bits per heavy atom. The first-order valence-electron chi connectivity index (χ1n) is 5.57. The van der Waals surface area contributed by atoms with Gasteiger partial charge in [-0.15, -0.1) is 0 Å². The maximum Gasteiger partial charge on any atom is 0.361 e. The van der Waals surface area contributed by atoms with Crippen LogP contribution in [0, 0.1) is 0 Å². The lowest BCUT2D eigenvalue weighted by Crippen LogP contribution is -2.33. The maximum absolute atomic E-state index is 11.0. The van der Waals surface area contributed by atoms with Crippen LogP contribution >= 0.6 is 0 Å². The minimum atomic E-state index is -1.37. The van der Waals surface area contributed by atoms with E-state index in [1.54, 1.807) is 7.11 Å². The lowest BCUT2D eigenvalue weighted by atomic mass is 9.95. The Balaban J connectivity index is 2.65. The van der Waals surface area contributed by atoms with Gasteiger partial charge in [0.2, 0.25) is 5.71 Å². The van der Waals surface area contributed by atoms with Crippen LogP contribution in [0.1, 0.15) is 32.6 Å². The summed E-state index contributed by atoms with van der Waals surface area (Å²) in [6.45, 7) is 1.14. The van der Waals surface area contributed by atoms with E-state index in [-0.39, 0.29) is 12.2 Å². The second-order valence-corrected chi connectivity index (χ2v) is 4.00. The van der Waals surface area contributed by atoms with Crippen LogP contribution in [-0.4, -0.2) is 41.9 Å². The first-order chi connectivity index (χ1) is 8.06. The van der Waals surface area contributed by atoms with Crippen molar-refractivity contribution in [3.05, 3.63) is 0 Å². The van der Waals surface area contributed by atoms with Gasteiger partial charge in [-0.25, -0.2) is 4.79 Å². The molecule has 0 aliphatic heterocycles. The topological polar surface area (TPSA) is 85.2 Å². The van der Waals surface area contributed by atoms with Crippen LogP contribution in [0.25, 0.3) is 0 Å². The van der Waals surface area contributed by atoms with Gasteiger partial charge in [0.1, 0.15) is 0 Å². The molecule has 0 aromatic heterocycles. The van der Waals surface area contributed by atoms with Gasteiger partial charge in [0.25, 0.3) is 0 Å². The summed E-state index contributed by atoms with van der Waals surface area (Å²) in [7, 11) is 1.58. The molecular formula is C11H17NO5. The molecule has 1 saturated carbocycles. The van der Waals surface area contributed by atoms with E-state index in [0.29, 0.717) is 0 Å². The summed E-state index contributed by atoms with van der Waals surface area (Å²) in [6.07, 6.45) is 3.30. The van der Waals surface area contributed by atoms with E-state index >= 15 is 0 Å². The lowest BCUT2D eigenvalue weighted by Gasteiger charge is -2.28. The number of ether oxygens (including phenoxy) is 1. The number of oxime groups is 1. The highest BCUT2D eigenvalue weighted by Gasteiger charge is 2.27. The van der Waals surface area contributed by atoms with Gasteiger partial charge in [-0.3, -0.25) is 4.79 Å². The van der Waals surface area contributed by atoms with Crippen molar-refractivity contribution in [2.24, 2.45) is 5.16 Å². The first kappa shape index (κ1) is 13.6. The van der Waals surface area contributed by atoms with Crippen LogP contribution in [0.3, 0.4) is 0 Å². The monoisotopic (exact) mass is 243 g/mol. The molecule has 1 aliphatic rings. The van der Waals surface area contributed by atoms with Crippen molar-refractivity contribution in [1.82, 2.24) is 0 Å². The smallest absolute Gasteiger partial charge is 0.361 e. The van der Waals surface area contributed by atoms with Gasteiger partial charge in [0.15, 0.2) is 11.9 Å². The predicted molar refractivity (Wildman–Crippen MR) is 59.9 cm³/mol. The summed E-state index contributed by atoms with van der Waals surface area (Å²) >= 11 is 0. The fourth-order valence-corrected chi connectivity index (χ4v) is 1.83. The van der Waals surface area contributed by atoms with Crippen molar-refractivity contribution < 1.29 is 24.3 Å². The zero-order valence-electron chi connectivity index (χ0n) is 10.0. The van der Waals surface area contributed by atoms with E-state index in [1.165, 1.54) is 0 Å². The van der Waals surface area contributed by atoms with E-state index in [0.717, 1.165) is 32.6 Å². The molecule has 0 aromatic rings. The molecule has 6 nitrogen and oxygen atoms in total. The molecule has 1 fully saturated rings. The third kappa shape index (κ3) is 3.81. The van der Waals surface area contributed by atoms with Gasteiger partial charge in [0, 0.05) is 14.0 Å². The fraction of sp³-hybridized carbons (Fsp3) is 0.727. The van der Waals surface area contributed by atoms with Gasteiger partial charge < -0.3 is 14.7 Å². The highest BCUT2D eigenvalue weighted by molar-refractivity contribution is 6.63. The largest absolute Gasteiger partial charge is 0.476 e. The Kier molecular flexibility index (Phi) is 5.09. The molecule has 0 bridgehead atoms. The van der Waals surface area contributed by atoms with Gasteiger partial charge in [-0.1, -0.05) is 11.6 Å². The molecule has 0 unspecified atom stereocenters. The number of methoxy groups -OCH3 is 1. The number of carboxylic acids is 1. The highest BCUT2D eigenvalue weighted by Crippen LogP contribution is 2.23. The third-order valence-electron chi connectivity index (χ3n) is 2.76. The molecule has 1 rings (SSSR count). The molecule has 17 heavy (non-hydrogen) atoms. The minimum Gasteiger partial charge on any atom is -0.476 e. The zero-order valence-corrected chi connectivity index (χ0v) is 10.0. The van der Waals surface area contributed by atoms with Crippen molar-refractivity contribution in [2.75, 3.05) is 7.11 Å². The molecule has 0 saturated heterocycles. The number of hydrogen-bond donors (Lipinski definition) is 1. The first-order valence-corrected chi connectivity index (χ1v) is 5.57. The second kappa shape index (κ2) is 6.34. The van der Waals surface area contributed by atoms with Crippen LogP contribution in [0.4, 0.5) is 0 Å². The molecule has 96 valence electrons.